The van der Waals surface area contributed by atoms with Crippen LogP contribution in [-0.4, -0.2) is 108 Å². The molecule has 4 aliphatic heterocycles. The highest BCUT2D eigenvalue weighted by molar-refractivity contribution is 8.00. The Morgan fingerprint density at radius 2 is 0.982 bits per heavy atom. The van der Waals surface area contributed by atoms with Crippen LogP contribution in [0, 0.1) is 0 Å². The van der Waals surface area contributed by atoms with E-state index >= 15 is 0 Å². The fourth-order valence-corrected chi connectivity index (χ4v) is 10.6. The molecule has 10 N–H and O–H groups in total. The van der Waals surface area contributed by atoms with Gasteiger partial charge in [0.15, 0.2) is 0 Å². The van der Waals surface area contributed by atoms with Gasteiger partial charge in [0.05, 0.1) is 24.2 Å². The summed E-state index contributed by atoms with van der Waals surface area (Å²) in [6, 6.07) is 5.37. The molecule has 17 heteroatoms. The Bertz CT molecular complexity index is 1400. The molecule has 5 rings (SSSR count). The van der Waals surface area contributed by atoms with Crippen LogP contribution in [0.1, 0.15) is 111 Å². The van der Waals surface area contributed by atoms with Gasteiger partial charge in [0.2, 0.25) is 11.8 Å². The average Bonchev–Trinajstić information content (AvgIpc) is 3.92. The third kappa shape index (κ3) is 13.7. The van der Waals surface area contributed by atoms with Gasteiger partial charge in [-0.15, -0.1) is 0 Å². The number of carbonyl (C=O) groups is 6. The number of rotatable bonds is 24. The van der Waals surface area contributed by atoms with E-state index in [1.807, 2.05) is 23.5 Å². The fourth-order valence-electron chi connectivity index (χ4n) is 7.56. The van der Waals surface area contributed by atoms with Crippen LogP contribution >= 0.6 is 23.5 Å². The molecule has 0 bridgehead atoms. The molecular formula is C38H59N9O6S2. The first kappa shape index (κ1) is 42.3. The van der Waals surface area contributed by atoms with Gasteiger partial charge in [-0.05, 0) is 82.4 Å². The molecule has 0 spiro atoms. The highest BCUT2D eigenvalue weighted by atomic mass is 32.2. The third-order valence-electron chi connectivity index (χ3n) is 10.6. The van der Waals surface area contributed by atoms with Crippen LogP contribution < -0.4 is 48.3 Å². The number of nitrogens with one attached hydrogen (secondary N) is 8. The molecule has 4 fully saturated rings. The van der Waals surface area contributed by atoms with Gasteiger partial charge >= 0.3 is 12.1 Å². The lowest BCUT2D eigenvalue weighted by molar-refractivity contribution is -0.122. The quantitative estimate of drug-likeness (QED) is 0.0425. The van der Waals surface area contributed by atoms with E-state index in [1.165, 1.54) is 0 Å². The molecule has 6 atom stereocenters. The lowest BCUT2D eigenvalue weighted by Crippen LogP contribution is -2.36. The minimum Gasteiger partial charge on any atom is -0.399 e. The van der Waals surface area contributed by atoms with Gasteiger partial charge < -0.3 is 48.3 Å². The third-order valence-corrected chi connectivity index (χ3v) is 13.6. The first-order valence-corrected chi connectivity index (χ1v) is 22.1. The molecule has 8 amide bonds. The van der Waals surface area contributed by atoms with Gasteiger partial charge in [-0.1, -0.05) is 12.8 Å². The maximum absolute atomic E-state index is 12.8. The second kappa shape index (κ2) is 22.0. The van der Waals surface area contributed by atoms with Crippen LogP contribution in [0.4, 0.5) is 15.3 Å². The zero-order valence-electron chi connectivity index (χ0n) is 31.7. The normalized spacial score (nSPS) is 23.5. The van der Waals surface area contributed by atoms with E-state index < -0.39 is 0 Å². The summed E-state index contributed by atoms with van der Waals surface area (Å²) in [6.45, 7) is 2.14. The van der Waals surface area contributed by atoms with Gasteiger partial charge in [-0.25, -0.2) is 9.59 Å². The van der Waals surface area contributed by atoms with Crippen molar-refractivity contribution in [2.45, 2.75) is 125 Å². The Morgan fingerprint density at radius 1 is 0.564 bits per heavy atom. The standard InChI is InChI=1S/C38H59N9O6S2/c39-26-20-24(35(50)42-17-9-1-7-15-40-31(48)13-5-3-11-29-33-27(22-54-29)44-37(52)46-33)19-25(21-26)36(51)43-18-10-2-8-16-41-32(49)14-6-4-12-30-34-28(23-55-30)45-38(53)47-34/h19-21,27-30,33-34H,1-18,22-23,39H2,(H,40,48)(H,41,49)(H,42,50)(H,43,51)(H2,44,46,52)(H2,45,47,53)/t27-,28-,29-,30-,33-,34-/m0/s1. The molecule has 4 heterocycles. The number of amides is 8. The molecule has 0 aromatic heterocycles. The number of benzene rings is 1. The van der Waals surface area contributed by atoms with Crippen LogP contribution in [0.3, 0.4) is 0 Å². The van der Waals surface area contributed by atoms with E-state index in [4.69, 9.17) is 5.73 Å². The first-order chi connectivity index (χ1) is 26.7. The van der Waals surface area contributed by atoms with Crippen molar-refractivity contribution in [3.05, 3.63) is 29.3 Å². The monoisotopic (exact) mass is 801 g/mol. The molecular weight excluding hydrogens is 743 g/mol. The lowest BCUT2D eigenvalue weighted by atomic mass is 10.0. The Balaban J connectivity index is 0.830. The highest BCUT2D eigenvalue weighted by Crippen LogP contribution is 2.34. The van der Waals surface area contributed by atoms with Crippen LogP contribution in [-0.2, 0) is 9.59 Å². The van der Waals surface area contributed by atoms with Crippen LogP contribution in [0.5, 0.6) is 0 Å². The van der Waals surface area contributed by atoms with Crippen molar-refractivity contribution in [3.63, 3.8) is 0 Å². The molecule has 0 saturated carbocycles. The summed E-state index contributed by atoms with van der Waals surface area (Å²) in [5.74, 6) is 1.41. The number of anilines is 1. The van der Waals surface area contributed by atoms with Crippen molar-refractivity contribution in [2.24, 2.45) is 0 Å². The van der Waals surface area contributed by atoms with Crippen molar-refractivity contribution >= 4 is 64.9 Å². The lowest BCUT2D eigenvalue weighted by Gasteiger charge is -2.16. The van der Waals surface area contributed by atoms with E-state index in [0.717, 1.165) is 88.6 Å². The zero-order valence-corrected chi connectivity index (χ0v) is 33.3. The maximum atomic E-state index is 12.8. The minimum absolute atomic E-state index is 0.0551. The van der Waals surface area contributed by atoms with Crippen LogP contribution in [0.25, 0.3) is 0 Å². The summed E-state index contributed by atoms with van der Waals surface area (Å²) in [6.07, 6.45) is 11.4. The van der Waals surface area contributed by atoms with Gasteiger partial charge in [0.25, 0.3) is 11.8 Å². The molecule has 15 nitrogen and oxygen atoms in total. The molecule has 0 radical (unpaired) electrons. The summed E-state index contributed by atoms with van der Waals surface area (Å²) in [5.41, 5.74) is 7.01. The topological polar surface area (TPSA) is 225 Å². The second-order valence-corrected chi connectivity index (χ2v) is 17.5. The summed E-state index contributed by atoms with van der Waals surface area (Å²) < 4.78 is 0. The molecule has 55 heavy (non-hydrogen) atoms. The van der Waals surface area contributed by atoms with Crippen molar-refractivity contribution in [1.82, 2.24) is 42.5 Å². The number of nitrogen functional groups attached to an aromatic ring is 1. The van der Waals surface area contributed by atoms with Crippen LogP contribution in [0.15, 0.2) is 18.2 Å². The second-order valence-electron chi connectivity index (χ2n) is 14.9. The maximum Gasteiger partial charge on any atom is 0.315 e. The molecule has 0 aliphatic carbocycles. The van der Waals surface area contributed by atoms with E-state index in [9.17, 15) is 28.8 Å². The first-order valence-electron chi connectivity index (χ1n) is 20.0. The Kier molecular flexibility index (Phi) is 16.9. The number of fused-ring (bicyclic) bond motifs is 2. The molecule has 0 unspecified atom stereocenters. The van der Waals surface area contributed by atoms with Gasteiger partial charge in [-0.3, -0.25) is 19.2 Å². The number of hydrogen-bond donors (Lipinski definition) is 9. The number of unbranched alkanes of at least 4 members (excludes halogenated alkanes) is 6. The summed E-state index contributed by atoms with van der Waals surface area (Å²) in [5, 5.41) is 24.5. The summed E-state index contributed by atoms with van der Waals surface area (Å²) in [7, 11) is 0. The predicted molar refractivity (Wildman–Crippen MR) is 217 cm³/mol. The average molecular weight is 802 g/mol. The summed E-state index contributed by atoms with van der Waals surface area (Å²) >= 11 is 3.78. The van der Waals surface area contributed by atoms with E-state index in [2.05, 4.69) is 42.5 Å². The van der Waals surface area contributed by atoms with Crippen molar-refractivity contribution < 1.29 is 28.8 Å². The van der Waals surface area contributed by atoms with Crippen molar-refractivity contribution in [2.75, 3.05) is 43.4 Å². The molecule has 1 aromatic carbocycles. The number of nitrogens with two attached hydrogens (primary N) is 1. The molecule has 4 aliphatic rings. The van der Waals surface area contributed by atoms with E-state index in [0.29, 0.717) is 66.3 Å². The molecule has 1 aromatic rings. The Hall–Kier alpha value is -3.86. The van der Waals surface area contributed by atoms with Gasteiger partial charge in [-0.2, -0.15) is 23.5 Å². The largest absolute Gasteiger partial charge is 0.399 e. The fraction of sp³-hybridized carbons (Fsp3) is 0.684. The van der Waals surface area contributed by atoms with Crippen LogP contribution in [0.2, 0.25) is 0 Å². The van der Waals surface area contributed by atoms with Gasteiger partial charge in [0.1, 0.15) is 0 Å². The number of thioether (sulfide) groups is 2. The summed E-state index contributed by atoms with van der Waals surface area (Å²) in [4.78, 5) is 73.1. The SMILES string of the molecule is Nc1cc(C(=O)NCCCCCNC(=O)CCCC[C@@H]2SC[C@@H]3NC(=O)N[C@@H]32)cc(C(=O)NCCCCCNC(=O)CCCC[C@@H]2SC[C@@H]3NC(=O)N[C@@H]32)c1. The highest BCUT2D eigenvalue weighted by Gasteiger charge is 2.43. The van der Waals surface area contributed by atoms with Gasteiger partial charge in [0, 0.05) is 77.8 Å². The predicted octanol–water partition coefficient (Wildman–Crippen LogP) is 2.75. The number of urea groups is 2. The Morgan fingerprint density at radius 3 is 1.42 bits per heavy atom. The smallest absolute Gasteiger partial charge is 0.315 e. The number of carbonyl (C=O) groups excluding carboxylic acids is 6. The Labute approximate surface area is 332 Å². The number of hydrogen-bond acceptors (Lipinski definition) is 9. The minimum atomic E-state index is -0.294. The molecule has 304 valence electrons. The van der Waals surface area contributed by atoms with E-state index in [1.54, 1.807) is 18.2 Å². The zero-order chi connectivity index (χ0) is 39.0. The molecule has 4 saturated heterocycles. The van der Waals surface area contributed by atoms with Crippen molar-refractivity contribution in [1.29, 1.82) is 0 Å². The van der Waals surface area contributed by atoms with Crippen molar-refractivity contribution in [3.8, 4) is 0 Å². The van der Waals surface area contributed by atoms with E-state index in [-0.39, 0.29) is 59.9 Å².